The van der Waals surface area contributed by atoms with Crippen molar-refractivity contribution in [2.75, 3.05) is 0 Å². The van der Waals surface area contributed by atoms with Crippen molar-refractivity contribution >= 4 is 0 Å². The summed E-state index contributed by atoms with van der Waals surface area (Å²) in [6.07, 6.45) is 4.54. The summed E-state index contributed by atoms with van der Waals surface area (Å²) in [5.41, 5.74) is 4.10. The number of hydrogen-bond acceptors (Lipinski definition) is 1. The van der Waals surface area contributed by atoms with Gasteiger partial charge in [-0.2, -0.15) is 0 Å². The standard InChI is InChI=1S/C21H25FO/c1-2-5-15-10-12-16(13-11-15)19-8-4-9-20(21(19)23)17-6-3-7-18(22)14-17/h4,8-13,17-18,23H,2-3,5-7,14H2,1H3. The molecule has 2 aromatic carbocycles. The summed E-state index contributed by atoms with van der Waals surface area (Å²) < 4.78 is 13.7. The average molecular weight is 312 g/mol. The Morgan fingerprint density at radius 2 is 1.87 bits per heavy atom. The van der Waals surface area contributed by atoms with Crippen molar-refractivity contribution in [1.82, 2.24) is 0 Å². The van der Waals surface area contributed by atoms with Crippen molar-refractivity contribution in [2.45, 2.75) is 57.5 Å². The molecule has 0 aliphatic heterocycles. The Hall–Kier alpha value is -1.83. The first-order chi connectivity index (χ1) is 11.2. The first-order valence-corrected chi connectivity index (χ1v) is 8.74. The quantitative estimate of drug-likeness (QED) is 0.733. The van der Waals surface area contributed by atoms with Gasteiger partial charge in [0.05, 0.1) is 0 Å². The van der Waals surface area contributed by atoms with E-state index in [0.717, 1.165) is 42.4 Å². The number of phenolic OH excluding ortho intramolecular Hbond substituents is 1. The number of hydrogen-bond donors (Lipinski definition) is 1. The molecule has 122 valence electrons. The highest BCUT2D eigenvalue weighted by atomic mass is 19.1. The highest BCUT2D eigenvalue weighted by molar-refractivity contribution is 5.72. The van der Waals surface area contributed by atoms with E-state index in [4.69, 9.17) is 0 Å². The molecule has 0 heterocycles. The van der Waals surface area contributed by atoms with Crippen LogP contribution in [0.5, 0.6) is 5.75 Å². The largest absolute Gasteiger partial charge is 0.507 e. The van der Waals surface area contributed by atoms with Gasteiger partial charge in [-0.3, -0.25) is 0 Å². The Labute approximate surface area is 138 Å². The van der Waals surface area contributed by atoms with Crippen LogP contribution < -0.4 is 0 Å². The van der Waals surface area contributed by atoms with Crippen LogP contribution in [-0.2, 0) is 6.42 Å². The van der Waals surface area contributed by atoms with Crippen LogP contribution in [-0.4, -0.2) is 11.3 Å². The SMILES string of the molecule is CCCc1ccc(-c2cccc(C3CCCC(F)C3)c2O)cc1. The van der Waals surface area contributed by atoms with Gasteiger partial charge in [0.1, 0.15) is 11.9 Å². The molecule has 0 amide bonds. The Balaban J connectivity index is 1.89. The fourth-order valence-electron chi connectivity index (χ4n) is 3.68. The number of aryl methyl sites for hydroxylation is 1. The van der Waals surface area contributed by atoms with Crippen LogP contribution in [0.15, 0.2) is 42.5 Å². The van der Waals surface area contributed by atoms with Gasteiger partial charge in [0.25, 0.3) is 0 Å². The van der Waals surface area contributed by atoms with Gasteiger partial charge < -0.3 is 5.11 Å². The third kappa shape index (κ3) is 3.57. The summed E-state index contributed by atoms with van der Waals surface area (Å²) in [4.78, 5) is 0. The van der Waals surface area contributed by atoms with Gasteiger partial charge in [0, 0.05) is 5.56 Å². The molecule has 1 aliphatic rings. The van der Waals surface area contributed by atoms with Gasteiger partial charge >= 0.3 is 0 Å². The fraction of sp³-hybridized carbons (Fsp3) is 0.429. The molecule has 2 heteroatoms. The monoisotopic (exact) mass is 312 g/mol. The van der Waals surface area contributed by atoms with Gasteiger partial charge in [-0.25, -0.2) is 4.39 Å². The zero-order chi connectivity index (χ0) is 16.2. The molecule has 23 heavy (non-hydrogen) atoms. The van der Waals surface area contributed by atoms with E-state index in [1.54, 1.807) is 0 Å². The van der Waals surface area contributed by atoms with E-state index in [0.29, 0.717) is 18.6 Å². The summed E-state index contributed by atoms with van der Waals surface area (Å²) in [7, 11) is 0. The second kappa shape index (κ2) is 7.16. The summed E-state index contributed by atoms with van der Waals surface area (Å²) in [6.45, 7) is 2.17. The van der Waals surface area contributed by atoms with Gasteiger partial charge in [-0.1, -0.05) is 55.8 Å². The molecular formula is C21H25FO. The van der Waals surface area contributed by atoms with Crippen molar-refractivity contribution in [3.8, 4) is 16.9 Å². The minimum absolute atomic E-state index is 0.137. The maximum Gasteiger partial charge on any atom is 0.126 e. The third-order valence-corrected chi connectivity index (χ3v) is 4.92. The van der Waals surface area contributed by atoms with Crippen molar-refractivity contribution in [2.24, 2.45) is 0 Å². The van der Waals surface area contributed by atoms with Gasteiger partial charge in [0.15, 0.2) is 0 Å². The lowest BCUT2D eigenvalue weighted by molar-refractivity contribution is 0.230. The zero-order valence-corrected chi connectivity index (χ0v) is 13.8. The van der Waals surface area contributed by atoms with Crippen LogP contribution in [0.2, 0.25) is 0 Å². The Morgan fingerprint density at radius 1 is 1.09 bits per heavy atom. The molecule has 0 bridgehead atoms. The first kappa shape index (κ1) is 16.0. The van der Waals surface area contributed by atoms with Gasteiger partial charge in [-0.05, 0) is 54.7 Å². The number of benzene rings is 2. The molecule has 2 unspecified atom stereocenters. The molecule has 1 aliphatic carbocycles. The summed E-state index contributed by atoms with van der Waals surface area (Å²) in [5, 5.41) is 10.7. The predicted octanol–water partition coefficient (Wildman–Crippen LogP) is 6.01. The summed E-state index contributed by atoms with van der Waals surface area (Å²) >= 11 is 0. The lowest BCUT2D eigenvalue weighted by atomic mass is 9.81. The van der Waals surface area contributed by atoms with Crippen LogP contribution >= 0.6 is 0 Å². The number of alkyl halides is 1. The normalized spacial score (nSPS) is 21.3. The molecule has 2 aromatic rings. The molecule has 2 atom stereocenters. The Bertz CT molecular complexity index is 647. The topological polar surface area (TPSA) is 20.2 Å². The highest BCUT2D eigenvalue weighted by Gasteiger charge is 2.25. The first-order valence-electron chi connectivity index (χ1n) is 8.74. The molecule has 1 N–H and O–H groups in total. The van der Waals surface area contributed by atoms with Crippen LogP contribution in [0.4, 0.5) is 4.39 Å². The second-order valence-electron chi connectivity index (χ2n) is 6.65. The lowest BCUT2D eigenvalue weighted by Crippen LogP contribution is -2.14. The van der Waals surface area contributed by atoms with E-state index < -0.39 is 6.17 Å². The van der Waals surface area contributed by atoms with Crippen molar-refractivity contribution in [3.63, 3.8) is 0 Å². The summed E-state index contributed by atoms with van der Waals surface area (Å²) in [6, 6.07) is 14.3. The maximum absolute atomic E-state index is 13.7. The molecule has 1 saturated carbocycles. The minimum Gasteiger partial charge on any atom is -0.507 e. The van der Waals surface area contributed by atoms with E-state index in [-0.39, 0.29) is 5.92 Å². The number of rotatable bonds is 4. The van der Waals surface area contributed by atoms with Crippen LogP contribution in [0.3, 0.4) is 0 Å². The minimum atomic E-state index is -0.731. The van der Waals surface area contributed by atoms with E-state index >= 15 is 0 Å². The van der Waals surface area contributed by atoms with E-state index in [1.165, 1.54) is 5.56 Å². The second-order valence-corrected chi connectivity index (χ2v) is 6.65. The number of aromatic hydroxyl groups is 1. The zero-order valence-electron chi connectivity index (χ0n) is 13.8. The lowest BCUT2D eigenvalue weighted by Gasteiger charge is -2.26. The number of phenols is 1. The fourth-order valence-corrected chi connectivity index (χ4v) is 3.68. The number of halogens is 1. The Morgan fingerprint density at radius 3 is 2.57 bits per heavy atom. The Kier molecular flexibility index (Phi) is 5.00. The molecule has 3 rings (SSSR count). The smallest absolute Gasteiger partial charge is 0.126 e. The van der Waals surface area contributed by atoms with Gasteiger partial charge in [0.2, 0.25) is 0 Å². The van der Waals surface area contributed by atoms with Crippen LogP contribution in [0.1, 0.15) is 56.1 Å². The molecule has 0 radical (unpaired) electrons. The third-order valence-electron chi connectivity index (χ3n) is 4.92. The number of para-hydroxylation sites is 1. The summed E-state index contributed by atoms with van der Waals surface area (Å²) in [5.74, 6) is 0.466. The molecule has 0 aromatic heterocycles. The predicted molar refractivity (Wildman–Crippen MR) is 93.6 cm³/mol. The van der Waals surface area contributed by atoms with Crippen molar-refractivity contribution < 1.29 is 9.50 Å². The molecule has 0 spiro atoms. The maximum atomic E-state index is 13.7. The van der Waals surface area contributed by atoms with E-state index in [1.807, 2.05) is 18.2 Å². The average Bonchev–Trinajstić information content (AvgIpc) is 2.56. The van der Waals surface area contributed by atoms with Crippen LogP contribution in [0.25, 0.3) is 11.1 Å². The van der Waals surface area contributed by atoms with Crippen molar-refractivity contribution in [3.05, 3.63) is 53.6 Å². The van der Waals surface area contributed by atoms with Gasteiger partial charge in [-0.15, -0.1) is 0 Å². The van der Waals surface area contributed by atoms with E-state index in [9.17, 15) is 9.50 Å². The molecule has 0 saturated heterocycles. The molecule has 1 nitrogen and oxygen atoms in total. The van der Waals surface area contributed by atoms with E-state index in [2.05, 4.69) is 31.2 Å². The van der Waals surface area contributed by atoms with Crippen molar-refractivity contribution in [1.29, 1.82) is 0 Å². The van der Waals surface area contributed by atoms with Crippen LogP contribution in [0, 0.1) is 0 Å². The highest BCUT2D eigenvalue weighted by Crippen LogP contribution is 2.42. The molecular weight excluding hydrogens is 287 g/mol. The molecule has 1 fully saturated rings.